The molecule has 0 spiro atoms. The van der Waals surface area contributed by atoms with E-state index in [1.807, 2.05) is 45.0 Å². The molecular weight excluding hydrogens is 326 g/mol. The molecule has 0 radical (unpaired) electrons. The largest absolute Gasteiger partial charge is 0.352 e. The van der Waals surface area contributed by atoms with E-state index in [2.05, 4.69) is 20.8 Å². The lowest BCUT2D eigenvalue weighted by molar-refractivity contribution is -0.116. The third-order valence-corrected chi connectivity index (χ3v) is 4.59. The first kappa shape index (κ1) is 17.9. The summed E-state index contributed by atoms with van der Waals surface area (Å²) in [4.78, 5) is 23.6. The first-order valence-electron chi connectivity index (χ1n) is 7.61. The molecule has 2 rings (SSSR count). The number of nitrogens with one attached hydrogen (secondary N) is 2. The molecule has 8 heteroatoms. The van der Waals surface area contributed by atoms with Crippen molar-refractivity contribution in [1.82, 2.24) is 15.5 Å². The summed E-state index contributed by atoms with van der Waals surface area (Å²) in [5.74, 6) is -0.00661. The van der Waals surface area contributed by atoms with Crippen LogP contribution in [0.1, 0.15) is 48.4 Å². The van der Waals surface area contributed by atoms with Gasteiger partial charge < -0.3 is 16.4 Å². The Morgan fingerprint density at radius 2 is 1.96 bits per heavy atom. The molecule has 0 bridgehead atoms. The maximum absolute atomic E-state index is 12.3. The molecule has 2 aromatic rings. The third kappa shape index (κ3) is 4.76. The Bertz CT molecular complexity index is 729. The number of hydrogen-bond acceptors (Lipinski definition) is 5. The highest BCUT2D eigenvalue weighted by Crippen LogP contribution is 2.24. The van der Waals surface area contributed by atoms with Gasteiger partial charge in [0.05, 0.1) is 12.5 Å². The Balaban J connectivity index is 2.09. The zero-order valence-corrected chi connectivity index (χ0v) is 14.7. The van der Waals surface area contributed by atoms with Gasteiger partial charge in [-0.3, -0.25) is 4.79 Å². The highest BCUT2D eigenvalue weighted by molar-refractivity contribution is 7.15. The van der Waals surface area contributed by atoms with E-state index in [1.165, 1.54) is 11.3 Å². The van der Waals surface area contributed by atoms with Crippen LogP contribution in [0.5, 0.6) is 0 Å². The number of anilines is 1. The third-order valence-electron chi connectivity index (χ3n) is 3.45. The van der Waals surface area contributed by atoms with E-state index in [0.717, 1.165) is 16.1 Å². The van der Waals surface area contributed by atoms with Crippen LogP contribution in [0.15, 0.2) is 24.3 Å². The average molecular weight is 347 g/mol. The van der Waals surface area contributed by atoms with Gasteiger partial charge in [-0.05, 0) is 18.1 Å². The van der Waals surface area contributed by atoms with Crippen molar-refractivity contribution in [2.45, 2.75) is 39.2 Å². The van der Waals surface area contributed by atoms with Crippen LogP contribution in [0.4, 0.5) is 9.93 Å². The fraction of sp³-hybridized carbons (Fsp3) is 0.375. The molecule has 1 heterocycles. The molecule has 1 aromatic heterocycles. The van der Waals surface area contributed by atoms with Crippen molar-refractivity contribution in [1.29, 1.82) is 0 Å². The molecule has 3 amide bonds. The zero-order valence-electron chi connectivity index (χ0n) is 13.9. The van der Waals surface area contributed by atoms with E-state index >= 15 is 0 Å². The number of aromatic nitrogens is 2. The fourth-order valence-electron chi connectivity index (χ4n) is 2.26. The van der Waals surface area contributed by atoms with E-state index < -0.39 is 12.1 Å². The number of urea groups is 1. The fourth-order valence-corrected chi connectivity index (χ4v) is 3.02. The van der Waals surface area contributed by atoms with Crippen molar-refractivity contribution in [2.75, 3.05) is 5.32 Å². The summed E-state index contributed by atoms with van der Waals surface area (Å²) >= 11 is 1.34. The van der Waals surface area contributed by atoms with Gasteiger partial charge >= 0.3 is 6.03 Å². The van der Waals surface area contributed by atoms with Crippen LogP contribution in [0.2, 0.25) is 0 Å². The summed E-state index contributed by atoms with van der Waals surface area (Å²) < 4.78 is 0. The molecule has 0 fully saturated rings. The molecule has 0 saturated carbocycles. The molecule has 0 aliphatic carbocycles. The highest BCUT2D eigenvalue weighted by Gasteiger charge is 2.20. The van der Waals surface area contributed by atoms with Crippen LogP contribution in [-0.4, -0.2) is 22.1 Å². The van der Waals surface area contributed by atoms with Crippen LogP contribution in [-0.2, 0) is 4.79 Å². The van der Waals surface area contributed by atoms with Crippen molar-refractivity contribution >= 4 is 28.4 Å². The predicted octanol–water partition coefficient (Wildman–Crippen LogP) is 2.71. The zero-order chi connectivity index (χ0) is 17.7. The van der Waals surface area contributed by atoms with Crippen LogP contribution >= 0.6 is 11.3 Å². The van der Waals surface area contributed by atoms with Gasteiger partial charge in [0.15, 0.2) is 0 Å². The standard InChI is InChI=1S/C16H21N5O2S/c1-9(2)14-20-21-16(24-14)19-13(22)8-12(18-15(17)23)11-7-5-4-6-10(11)3/h4-7,9,12H,8H2,1-3H3,(H3,17,18,23)(H,19,21,22). The number of nitrogens with zero attached hydrogens (tertiary/aromatic N) is 2. The number of carbonyl (C=O) groups is 2. The van der Waals surface area contributed by atoms with Gasteiger partial charge in [0.2, 0.25) is 11.0 Å². The quantitative estimate of drug-likeness (QED) is 0.746. The minimum Gasteiger partial charge on any atom is -0.352 e. The molecule has 7 nitrogen and oxygen atoms in total. The normalized spacial score (nSPS) is 12.0. The first-order valence-corrected chi connectivity index (χ1v) is 8.43. The lowest BCUT2D eigenvalue weighted by Gasteiger charge is -2.19. The number of carbonyl (C=O) groups excluding carboxylic acids is 2. The summed E-state index contributed by atoms with van der Waals surface area (Å²) in [6.45, 7) is 5.94. The molecule has 1 aromatic carbocycles. The Morgan fingerprint density at radius 3 is 2.54 bits per heavy atom. The Hall–Kier alpha value is -2.48. The second-order valence-corrected chi connectivity index (χ2v) is 6.78. The van der Waals surface area contributed by atoms with Crippen LogP contribution in [0, 0.1) is 6.92 Å². The molecule has 0 aliphatic rings. The van der Waals surface area contributed by atoms with Gasteiger partial charge in [0.1, 0.15) is 5.01 Å². The number of benzene rings is 1. The number of nitrogens with two attached hydrogens (primary N) is 1. The minimum atomic E-state index is -0.672. The number of amides is 3. The van der Waals surface area contributed by atoms with Crippen molar-refractivity contribution in [3.63, 3.8) is 0 Å². The van der Waals surface area contributed by atoms with Crippen molar-refractivity contribution in [3.8, 4) is 0 Å². The van der Waals surface area contributed by atoms with Crippen LogP contribution in [0.25, 0.3) is 0 Å². The maximum Gasteiger partial charge on any atom is 0.312 e. The van der Waals surface area contributed by atoms with E-state index in [4.69, 9.17) is 5.73 Å². The number of aryl methyl sites for hydroxylation is 1. The summed E-state index contributed by atoms with van der Waals surface area (Å²) in [5, 5.41) is 14.6. The Kier molecular flexibility index (Phi) is 5.86. The predicted molar refractivity (Wildman–Crippen MR) is 93.9 cm³/mol. The SMILES string of the molecule is Cc1ccccc1C(CC(=O)Nc1nnc(C(C)C)s1)NC(N)=O. The molecule has 1 unspecified atom stereocenters. The average Bonchev–Trinajstić information content (AvgIpc) is 2.95. The Morgan fingerprint density at radius 1 is 1.25 bits per heavy atom. The van der Waals surface area contributed by atoms with E-state index in [9.17, 15) is 9.59 Å². The molecule has 1 atom stereocenters. The van der Waals surface area contributed by atoms with Crippen molar-refractivity contribution in [2.24, 2.45) is 5.73 Å². The lowest BCUT2D eigenvalue weighted by atomic mass is 9.98. The van der Waals surface area contributed by atoms with Crippen molar-refractivity contribution in [3.05, 3.63) is 40.4 Å². The summed E-state index contributed by atoms with van der Waals surface area (Å²) in [5.41, 5.74) is 7.07. The van der Waals surface area contributed by atoms with Crippen LogP contribution < -0.4 is 16.4 Å². The smallest absolute Gasteiger partial charge is 0.312 e. The molecule has 128 valence electrons. The van der Waals surface area contributed by atoms with E-state index in [0.29, 0.717) is 5.13 Å². The van der Waals surface area contributed by atoms with Gasteiger partial charge in [0.25, 0.3) is 0 Å². The molecule has 0 saturated heterocycles. The second-order valence-electron chi connectivity index (χ2n) is 5.77. The number of primary amides is 1. The summed E-state index contributed by atoms with van der Waals surface area (Å²) in [6, 6.07) is 6.37. The monoisotopic (exact) mass is 347 g/mol. The van der Waals surface area contributed by atoms with E-state index in [1.54, 1.807) is 0 Å². The minimum absolute atomic E-state index is 0.0599. The molecule has 4 N–H and O–H groups in total. The highest BCUT2D eigenvalue weighted by atomic mass is 32.1. The van der Waals surface area contributed by atoms with Gasteiger partial charge in [-0.2, -0.15) is 0 Å². The van der Waals surface area contributed by atoms with Gasteiger partial charge in [0, 0.05) is 5.92 Å². The molecule has 24 heavy (non-hydrogen) atoms. The van der Waals surface area contributed by atoms with Gasteiger partial charge in [-0.15, -0.1) is 10.2 Å². The second kappa shape index (κ2) is 7.87. The topological polar surface area (TPSA) is 110 Å². The molecule has 0 aliphatic heterocycles. The van der Waals surface area contributed by atoms with Gasteiger partial charge in [-0.25, -0.2) is 4.79 Å². The van der Waals surface area contributed by atoms with E-state index in [-0.39, 0.29) is 18.2 Å². The first-order chi connectivity index (χ1) is 11.4. The number of hydrogen-bond donors (Lipinski definition) is 3. The summed E-state index contributed by atoms with van der Waals surface area (Å²) in [7, 11) is 0. The van der Waals surface area contributed by atoms with Crippen molar-refractivity contribution < 1.29 is 9.59 Å². The molecular formula is C16H21N5O2S. The summed E-state index contributed by atoms with van der Waals surface area (Å²) in [6.07, 6.45) is 0.0599. The maximum atomic E-state index is 12.3. The Labute approximate surface area is 144 Å². The van der Waals surface area contributed by atoms with Gasteiger partial charge in [-0.1, -0.05) is 49.4 Å². The lowest BCUT2D eigenvalue weighted by Crippen LogP contribution is -2.35. The van der Waals surface area contributed by atoms with Crippen LogP contribution in [0.3, 0.4) is 0 Å². The number of rotatable bonds is 6.